The zero-order valence-electron chi connectivity index (χ0n) is 12.3. The molecule has 0 saturated heterocycles. The van der Waals surface area contributed by atoms with Crippen LogP contribution in [0.1, 0.15) is 51.4 Å². The maximum absolute atomic E-state index is 11.8. The van der Waals surface area contributed by atoms with Gasteiger partial charge in [-0.05, 0) is 32.1 Å². The molecule has 0 aromatic heterocycles. The van der Waals surface area contributed by atoms with Crippen molar-refractivity contribution in [2.75, 3.05) is 6.54 Å². The third kappa shape index (κ3) is 4.72. The lowest BCUT2D eigenvalue weighted by atomic mass is 10.1. The van der Waals surface area contributed by atoms with E-state index in [1.807, 2.05) is 0 Å². The highest BCUT2D eigenvalue weighted by Crippen LogP contribution is 2.26. The van der Waals surface area contributed by atoms with Crippen LogP contribution in [0.25, 0.3) is 0 Å². The molecule has 0 heterocycles. The minimum atomic E-state index is -0.782. The molecule has 2 aliphatic rings. The fourth-order valence-corrected chi connectivity index (χ4v) is 3.27. The first-order valence-electron chi connectivity index (χ1n) is 7.86. The third-order valence-electron chi connectivity index (χ3n) is 4.52. The number of nitrogens with one attached hydrogen (secondary N) is 2. The standard InChI is InChI=1S/C15H24N2O4/c18-13(17-12-6-5-11(9-12)15(20)21)7-8-16-14(19)10-3-1-2-4-10/h10-12H,1-9H2,(H,16,19)(H,17,18)(H,20,21). The van der Waals surface area contributed by atoms with Crippen LogP contribution in [0.5, 0.6) is 0 Å². The van der Waals surface area contributed by atoms with Crippen molar-refractivity contribution in [1.29, 1.82) is 0 Å². The first kappa shape index (κ1) is 15.8. The number of carbonyl (C=O) groups excluding carboxylic acids is 2. The molecule has 0 aromatic carbocycles. The molecule has 2 rings (SSSR count). The zero-order chi connectivity index (χ0) is 15.2. The molecule has 2 fully saturated rings. The van der Waals surface area contributed by atoms with Crippen LogP contribution in [0.3, 0.4) is 0 Å². The predicted octanol–water partition coefficient (Wildman–Crippen LogP) is 1.05. The summed E-state index contributed by atoms with van der Waals surface area (Å²) in [6.07, 6.45) is 6.25. The van der Waals surface area contributed by atoms with Crippen molar-refractivity contribution >= 4 is 17.8 Å². The highest BCUT2D eigenvalue weighted by Gasteiger charge is 2.30. The van der Waals surface area contributed by atoms with E-state index in [-0.39, 0.29) is 36.1 Å². The van der Waals surface area contributed by atoms with Gasteiger partial charge in [-0.2, -0.15) is 0 Å². The van der Waals surface area contributed by atoms with E-state index in [4.69, 9.17) is 5.11 Å². The van der Waals surface area contributed by atoms with Gasteiger partial charge in [-0.25, -0.2) is 0 Å². The minimum Gasteiger partial charge on any atom is -0.481 e. The van der Waals surface area contributed by atoms with Gasteiger partial charge in [0.15, 0.2) is 0 Å². The molecule has 0 radical (unpaired) electrons. The molecule has 2 aliphatic carbocycles. The van der Waals surface area contributed by atoms with Gasteiger partial charge in [-0.3, -0.25) is 14.4 Å². The molecule has 0 spiro atoms. The van der Waals surface area contributed by atoms with E-state index in [0.717, 1.165) is 32.1 Å². The van der Waals surface area contributed by atoms with Gasteiger partial charge >= 0.3 is 5.97 Å². The Balaban J connectivity index is 1.59. The molecule has 6 nitrogen and oxygen atoms in total. The van der Waals surface area contributed by atoms with Gasteiger partial charge < -0.3 is 15.7 Å². The molecule has 2 saturated carbocycles. The number of carboxylic acids is 1. The molecule has 0 bridgehead atoms. The molecule has 0 aromatic rings. The topological polar surface area (TPSA) is 95.5 Å². The molecule has 21 heavy (non-hydrogen) atoms. The van der Waals surface area contributed by atoms with Gasteiger partial charge in [0.2, 0.25) is 11.8 Å². The van der Waals surface area contributed by atoms with Crippen molar-refractivity contribution in [1.82, 2.24) is 10.6 Å². The Kier molecular flexibility index (Phi) is 5.59. The zero-order valence-corrected chi connectivity index (χ0v) is 12.3. The van der Waals surface area contributed by atoms with Crippen LogP contribution in [0.4, 0.5) is 0 Å². The second-order valence-electron chi connectivity index (χ2n) is 6.14. The summed E-state index contributed by atoms with van der Waals surface area (Å²) in [4.78, 5) is 34.4. The average molecular weight is 296 g/mol. The fourth-order valence-electron chi connectivity index (χ4n) is 3.27. The van der Waals surface area contributed by atoms with Crippen molar-refractivity contribution in [3.05, 3.63) is 0 Å². The summed E-state index contributed by atoms with van der Waals surface area (Å²) >= 11 is 0. The number of carbonyl (C=O) groups is 3. The van der Waals surface area contributed by atoms with Crippen LogP contribution in [-0.4, -0.2) is 35.5 Å². The number of rotatable bonds is 6. The van der Waals surface area contributed by atoms with Gasteiger partial charge in [0.05, 0.1) is 5.92 Å². The van der Waals surface area contributed by atoms with Gasteiger partial charge in [0.25, 0.3) is 0 Å². The summed E-state index contributed by atoms with van der Waals surface area (Å²) in [5.74, 6) is -1.04. The maximum Gasteiger partial charge on any atom is 0.306 e. The third-order valence-corrected chi connectivity index (χ3v) is 4.52. The summed E-state index contributed by atoms with van der Waals surface area (Å²) < 4.78 is 0. The second kappa shape index (κ2) is 7.43. The first-order valence-corrected chi connectivity index (χ1v) is 7.86. The quantitative estimate of drug-likeness (QED) is 0.682. The molecule has 118 valence electrons. The Labute approximate surface area is 124 Å². The van der Waals surface area contributed by atoms with E-state index in [1.165, 1.54) is 0 Å². The second-order valence-corrected chi connectivity index (χ2v) is 6.14. The highest BCUT2D eigenvalue weighted by molar-refractivity contribution is 5.80. The van der Waals surface area contributed by atoms with E-state index in [2.05, 4.69) is 10.6 Å². The lowest BCUT2D eigenvalue weighted by molar-refractivity contribution is -0.141. The molecule has 3 N–H and O–H groups in total. The molecular formula is C15H24N2O4. The Bertz CT molecular complexity index is 404. The van der Waals surface area contributed by atoms with Crippen LogP contribution in [0.15, 0.2) is 0 Å². The van der Waals surface area contributed by atoms with Crippen LogP contribution < -0.4 is 10.6 Å². The minimum absolute atomic E-state index is 0.0378. The molecule has 2 atom stereocenters. The summed E-state index contributed by atoms with van der Waals surface area (Å²) in [6.45, 7) is 0.357. The molecular weight excluding hydrogens is 272 g/mol. The predicted molar refractivity (Wildman–Crippen MR) is 76.5 cm³/mol. The van der Waals surface area contributed by atoms with Crippen molar-refractivity contribution in [2.24, 2.45) is 11.8 Å². The summed E-state index contributed by atoms with van der Waals surface area (Å²) in [5, 5.41) is 14.6. The van der Waals surface area contributed by atoms with Gasteiger partial charge in [0.1, 0.15) is 0 Å². The maximum atomic E-state index is 11.8. The van der Waals surface area contributed by atoms with Gasteiger partial charge in [0, 0.05) is 24.9 Å². The van der Waals surface area contributed by atoms with Crippen molar-refractivity contribution in [3.63, 3.8) is 0 Å². The summed E-state index contributed by atoms with van der Waals surface area (Å²) in [6, 6.07) is -0.0378. The van der Waals surface area contributed by atoms with Crippen LogP contribution in [-0.2, 0) is 14.4 Å². The SMILES string of the molecule is O=C(CCNC(=O)C1CCCC1)NC1CCC(C(=O)O)C1. The van der Waals surface area contributed by atoms with E-state index >= 15 is 0 Å². The normalized spacial score (nSPS) is 25.7. The number of amides is 2. The van der Waals surface area contributed by atoms with Crippen molar-refractivity contribution in [3.8, 4) is 0 Å². The van der Waals surface area contributed by atoms with E-state index in [0.29, 0.717) is 19.4 Å². The Morgan fingerprint density at radius 2 is 1.71 bits per heavy atom. The van der Waals surface area contributed by atoms with E-state index in [1.54, 1.807) is 0 Å². The number of hydrogen-bond donors (Lipinski definition) is 3. The number of aliphatic carboxylic acids is 1. The van der Waals surface area contributed by atoms with E-state index < -0.39 is 5.97 Å². The Hall–Kier alpha value is -1.59. The highest BCUT2D eigenvalue weighted by atomic mass is 16.4. The first-order chi connectivity index (χ1) is 10.1. The molecule has 2 unspecified atom stereocenters. The van der Waals surface area contributed by atoms with Crippen molar-refractivity contribution < 1.29 is 19.5 Å². The monoisotopic (exact) mass is 296 g/mol. The fraction of sp³-hybridized carbons (Fsp3) is 0.800. The Morgan fingerprint density at radius 1 is 1.00 bits per heavy atom. The van der Waals surface area contributed by atoms with E-state index in [9.17, 15) is 14.4 Å². The lowest BCUT2D eigenvalue weighted by Crippen LogP contribution is -2.37. The molecule has 6 heteroatoms. The Morgan fingerprint density at radius 3 is 2.33 bits per heavy atom. The summed E-state index contributed by atoms with van der Waals surface area (Å²) in [7, 11) is 0. The molecule has 0 aliphatic heterocycles. The van der Waals surface area contributed by atoms with Crippen LogP contribution in [0.2, 0.25) is 0 Å². The molecule has 2 amide bonds. The number of carboxylic acid groups (broad SMARTS) is 1. The smallest absolute Gasteiger partial charge is 0.306 e. The average Bonchev–Trinajstić information content (AvgIpc) is 3.09. The number of hydrogen-bond acceptors (Lipinski definition) is 3. The van der Waals surface area contributed by atoms with Gasteiger partial charge in [-0.1, -0.05) is 12.8 Å². The van der Waals surface area contributed by atoms with Crippen molar-refractivity contribution in [2.45, 2.75) is 57.4 Å². The summed E-state index contributed by atoms with van der Waals surface area (Å²) in [5.41, 5.74) is 0. The van der Waals surface area contributed by atoms with Gasteiger partial charge in [-0.15, -0.1) is 0 Å². The largest absolute Gasteiger partial charge is 0.481 e. The lowest BCUT2D eigenvalue weighted by Gasteiger charge is -2.13. The van der Waals surface area contributed by atoms with Crippen LogP contribution in [0, 0.1) is 11.8 Å². The van der Waals surface area contributed by atoms with Crippen LogP contribution >= 0.6 is 0 Å².